The van der Waals surface area contributed by atoms with Crippen molar-refractivity contribution in [1.29, 1.82) is 5.41 Å². The SMILES string of the molecule is Cc1ccc(C(=N)/C(F)=C(\N)C2CCC(C)CC2)cc1.[HH]. The van der Waals surface area contributed by atoms with E-state index in [1.54, 1.807) is 12.1 Å². The van der Waals surface area contributed by atoms with Crippen molar-refractivity contribution in [2.24, 2.45) is 17.6 Å². The second-order valence-corrected chi connectivity index (χ2v) is 5.97. The fraction of sp³-hybridized carbons (Fsp3) is 0.471. The summed E-state index contributed by atoms with van der Waals surface area (Å²) in [5.74, 6) is 0.254. The van der Waals surface area contributed by atoms with Crippen molar-refractivity contribution in [2.45, 2.75) is 39.5 Å². The number of rotatable bonds is 3. The van der Waals surface area contributed by atoms with Crippen molar-refractivity contribution in [3.05, 3.63) is 46.9 Å². The molecule has 0 unspecified atom stereocenters. The van der Waals surface area contributed by atoms with Crippen molar-refractivity contribution in [3.63, 3.8) is 0 Å². The summed E-state index contributed by atoms with van der Waals surface area (Å²) in [6, 6.07) is 7.31. The number of nitrogens with one attached hydrogen (secondary N) is 1. The molecule has 1 saturated carbocycles. The maximum atomic E-state index is 14.4. The third kappa shape index (κ3) is 3.27. The molecule has 0 spiro atoms. The van der Waals surface area contributed by atoms with E-state index in [1.807, 2.05) is 19.1 Å². The lowest BCUT2D eigenvalue weighted by atomic mass is 9.81. The fourth-order valence-electron chi connectivity index (χ4n) is 2.74. The Morgan fingerprint density at radius 3 is 2.30 bits per heavy atom. The molecule has 3 N–H and O–H groups in total. The molecule has 0 aromatic heterocycles. The lowest BCUT2D eigenvalue weighted by molar-refractivity contribution is 0.315. The second kappa shape index (κ2) is 6.21. The van der Waals surface area contributed by atoms with E-state index in [9.17, 15) is 4.39 Å². The van der Waals surface area contributed by atoms with Gasteiger partial charge in [-0.25, -0.2) is 4.39 Å². The van der Waals surface area contributed by atoms with E-state index >= 15 is 0 Å². The zero-order valence-electron chi connectivity index (χ0n) is 12.2. The van der Waals surface area contributed by atoms with E-state index in [2.05, 4.69) is 6.92 Å². The summed E-state index contributed by atoms with van der Waals surface area (Å²) in [5, 5.41) is 7.98. The molecule has 1 aromatic rings. The van der Waals surface area contributed by atoms with Gasteiger partial charge in [-0.15, -0.1) is 0 Å². The van der Waals surface area contributed by atoms with Gasteiger partial charge in [0.1, 0.15) is 0 Å². The highest BCUT2D eigenvalue weighted by Crippen LogP contribution is 2.33. The maximum Gasteiger partial charge on any atom is 0.167 e. The third-order valence-corrected chi connectivity index (χ3v) is 4.27. The molecule has 1 fully saturated rings. The first-order valence-corrected chi connectivity index (χ1v) is 7.30. The lowest BCUT2D eigenvalue weighted by Gasteiger charge is -2.26. The number of hydrogen-bond acceptors (Lipinski definition) is 2. The molecule has 1 aromatic carbocycles. The van der Waals surface area contributed by atoms with Crippen LogP contribution in [0.25, 0.3) is 0 Å². The van der Waals surface area contributed by atoms with Gasteiger partial charge in [-0.2, -0.15) is 0 Å². The highest BCUT2D eigenvalue weighted by molar-refractivity contribution is 6.09. The molecule has 1 aliphatic rings. The smallest absolute Gasteiger partial charge is 0.167 e. The number of nitrogens with two attached hydrogens (primary N) is 1. The molecule has 20 heavy (non-hydrogen) atoms. The zero-order chi connectivity index (χ0) is 14.7. The van der Waals surface area contributed by atoms with Crippen LogP contribution in [0.4, 0.5) is 4.39 Å². The van der Waals surface area contributed by atoms with Crippen LogP contribution in [-0.4, -0.2) is 5.71 Å². The number of halogens is 1. The van der Waals surface area contributed by atoms with Crippen LogP contribution >= 0.6 is 0 Å². The van der Waals surface area contributed by atoms with Gasteiger partial charge < -0.3 is 5.73 Å². The third-order valence-electron chi connectivity index (χ3n) is 4.27. The first-order chi connectivity index (χ1) is 9.49. The zero-order valence-corrected chi connectivity index (χ0v) is 12.2. The molecule has 0 aliphatic heterocycles. The van der Waals surface area contributed by atoms with Gasteiger partial charge in [0.2, 0.25) is 0 Å². The Hall–Kier alpha value is -1.64. The number of allylic oxidation sites excluding steroid dienone is 2. The molecule has 0 saturated heterocycles. The molecular formula is C17H25FN2. The van der Waals surface area contributed by atoms with Gasteiger partial charge in [-0.3, -0.25) is 5.41 Å². The quantitative estimate of drug-likeness (QED) is 0.780. The molecule has 2 rings (SSSR count). The summed E-state index contributed by atoms with van der Waals surface area (Å²) in [5.41, 5.74) is 7.82. The van der Waals surface area contributed by atoms with Gasteiger partial charge in [0, 0.05) is 18.6 Å². The van der Waals surface area contributed by atoms with Crippen LogP contribution in [0.2, 0.25) is 0 Å². The predicted molar refractivity (Wildman–Crippen MR) is 83.6 cm³/mol. The Labute approximate surface area is 121 Å². The molecule has 0 radical (unpaired) electrons. The van der Waals surface area contributed by atoms with Gasteiger partial charge in [0.25, 0.3) is 0 Å². The fourth-order valence-corrected chi connectivity index (χ4v) is 2.74. The van der Waals surface area contributed by atoms with Crippen LogP contribution in [-0.2, 0) is 0 Å². The minimum absolute atomic E-state index is 0. The number of benzene rings is 1. The van der Waals surface area contributed by atoms with Crippen molar-refractivity contribution >= 4 is 5.71 Å². The van der Waals surface area contributed by atoms with Gasteiger partial charge in [0.05, 0.1) is 5.71 Å². The number of aryl methyl sites for hydroxylation is 1. The van der Waals surface area contributed by atoms with E-state index in [-0.39, 0.29) is 18.8 Å². The summed E-state index contributed by atoms with van der Waals surface area (Å²) in [7, 11) is 0. The highest BCUT2D eigenvalue weighted by atomic mass is 19.1. The van der Waals surface area contributed by atoms with Gasteiger partial charge in [-0.1, -0.05) is 49.6 Å². The number of hydrogen-bond donors (Lipinski definition) is 2. The van der Waals surface area contributed by atoms with E-state index < -0.39 is 5.83 Å². The average Bonchev–Trinajstić information content (AvgIpc) is 2.46. The Balaban J connectivity index is 0.00000220. The Bertz CT molecular complexity index is 514. The van der Waals surface area contributed by atoms with Crippen LogP contribution in [0.3, 0.4) is 0 Å². The highest BCUT2D eigenvalue weighted by Gasteiger charge is 2.24. The Morgan fingerprint density at radius 2 is 1.75 bits per heavy atom. The molecule has 3 heteroatoms. The standard InChI is InChI=1S/C17H23FN2.H2/c1-11-3-7-13(8-4-11)16(19)15(18)17(20)14-9-5-12(2)6-10-14;/h3-4,7-8,12,14,19H,5-6,9-10,20H2,1-2H3;1H/b17-15+,19-16?;. The molecular weight excluding hydrogens is 251 g/mol. The molecule has 2 nitrogen and oxygen atoms in total. The summed E-state index contributed by atoms with van der Waals surface area (Å²) in [6.07, 6.45) is 4.05. The Kier molecular flexibility index (Phi) is 4.58. The first-order valence-electron chi connectivity index (χ1n) is 7.30. The maximum absolute atomic E-state index is 14.4. The first kappa shape index (κ1) is 14.8. The van der Waals surface area contributed by atoms with Crippen molar-refractivity contribution in [3.8, 4) is 0 Å². The monoisotopic (exact) mass is 276 g/mol. The Morgan fingerprint density at radius 1 is 1.20 bits per heavy atom. The van der Waals surface area contributed by atoms with Crippen LogP contribution < -0.4 is 5.73 Å². The lowest BCUT2D eigenvalue weighted by Crippen LogP contribution is -2.21. The topological polar surface area (TPSA) is 49.9 Å². The molecule has 1 aliphatic carbocycles. The van der Waals surface area contributed by atoms with Crippen molar-refractivity contribution < 1.29 is 5.82 Å². The van der Waals surface area contributed by atoms with E-state index in [0.717, 1.165) is 31.2 Å². The van der Waals surface area contributed by atoms with Crippen LogP contribution in [0.1, 0.15) is 45.2 Å². The van der Waals surface area contributed by atoms with E-state index in [1.165, 1.54) is 0 Å². The van der Waals surface area contributed by atoms with Crippen LogP contribution in [0, 0.1) is 24.2 Å². The minimum atomic E-state index is -0.548. The summed E-state index contributed by atoms with van der Waals surface area (Å²) >= 11 is 0. The average molecular weight is 276 g/mol. The molecule has 0 heterocycles. The van der Waals surface area contributed by atoms with Crippen molar-refractivity contribution in [1.82, 2.24) is 0 Å². The molecule has 0 amide bonds. The largest absolute Gasteiger partial charge is 0.399 e. The molecule has 0 bridgehead atoms. The van der Waals surface area contributed by atoms with Crippen LogP contribution in [0.15, 0.2) is 35.8 Å². The summed E-state index contributed by atoms with van der Waals surface area (Å²) in [6.45, 7) is 4.19. The minimum Gasteiger partial charge on any atom is -0.399 e. The normalized spacial score (nSPS) is 24.1. The van der Waals surface area contributed by atoms with Gasteiger partial charge in [-0.05, 0) is 25.7 Å². The van der Waals surface area contributed by atoms with Gasteiger partial charge >= 0.3 is 0 Å². The van der Waals surface area contributed by atoms with Crippen LogP contribution in [0.5, 0.6) is 0 Å². The summed E-state index contributed by atoms with van der Waals surface area (Å²) < 4.78 is 14.4. The van der Waals surface area contributed by atoms with Crippen molar-refractivity contribution in [2.75, 3.05) is 0 Å². The van der Waals surface area contributed by atoms with E-state index in [0.29, 0.717) is 11.5 Å². The van der Waals surface area contributed by atoms with E-state index in [4.69, 9.17) is 11.1 Å². The van der Waals surface area contributed by atoms with Gasteiger partial charge in [0.15, 0.2) is 5.83 Å². The predicted octanol–water partition coefficient (Wildman–Crippen LogP) is 4.57. The molecule has 0 atom stereocenters. The second-order valence-electron chi connectivity index (χ2n) is 5.97. The molecule has 110 valence electrons. The summed E-state index contributed by atoms with van der Waals surface area (Å²) in [4.78, 5) is 0.